The molecule has 1 aromatic rings. The van der Waals surface area contributed by atoms with Gasteiger partial charge in [-0.05, 0) is 37.2 Å². The number of hydrogen-bond donors (Lipinski definition) is 0. The highest BCUT2D eigenvalue weighted by atomic mass is 16.6. The van der Waals surface area contributed by atoms with Crippen LogP contribution in [0.1, 0.15) is 57.6 Å². The number of hydrogen-bond acceptors (Lipinski definition) is 7. The summed E-state index contributed by atoms with van der Waals surface area (Å²) in [5.41, 5.74) is -0.520. The summed E-state index contributed by atoms with van der Waals surface area (Å²) in [5.74, 6) is -1.27. The molecule has 5 rings (SSSR count). The molecule has 0 amide bonds. The molecule has 0 unspecified atom stereocenters. The minimum absolute atomic E-state index is 0.00277. The molecule has 0 N–H and O–H groups in total. The lowest BCUT2D eigenvalue weighted by atomic mass is 9.43. The molecule has 2 saturated carbocycles. The van der Waals surface area contributed by atoms with Crippen LogP contribution in [0.15, 0.2) is 23.0 Å². The second-order valence-corrected chi connectivity index (χ2v) is 9.19. The van der Waals surface area contributed by atoms with Crippen molar-refractivity contribution in [2.45, 2.75) is 58.2 Å². The van der Waals surface area contributed by atoms with Crippen LogP contribution in [0.2, 0.25) is 0 Å². The standard InChI is InChI=1S/C22H26O7/c1-12-8-18-22(11-27-13(2)23)15(19(24)29-18)4-3-5-17(22)21(12)9-16(28-20(21)25)14-6-7-26-10-14/h6-7,10,12,15-18H,3-5,8-9,11H2,1-2H3/t12-,15+,16+,17-,18+,21+,22+/m1/s1. The molecule has 0 aromatic carbocycles. The zero-order valence-corrected chi connectivity index (χ0v) is 16.7. The highest BCUT2D eigenvalue weighted by Gasteiger charge is 2.74. The molecular formula is C22H26O7. The second kappa shape index (κ2) is 6.34. The summed E-state index contributed by atoms with van der Waals surface area (Å²) in [5, 5.41) is 0. The largest absolute Gasteiger partial charge is 0.472 e. The third-order valence-corrected chi connectivity index (χ3v) is 8.09. The molecule has 2 saturated heterocycles. The van der Waals surface area contributed by atoms with Gasteiger partial charge in [0.15, 0.2) is 0 Å². The molecule has 1 spiro atoms. The van der Waals surface area contributed by atoms with E-state index >= 15 is 0 Å². The van der Waals surface area contributed by atoms with Gasteiger partial charge in [-0.2, -0.15) is 0 Å². The number of rotatable bonds is 3. The Balaban J connectivity index is 1.59. The van der Waals surface area contributed by atoms with Gasteiger partial charge >= 0.3 is 17.9 Å². The Morgan fingerprint density at radius 2 is 2.10 bits per heavy atom. The maximum Gasteiger partial charge on any atom is 0.313 e. The smallest absolute Gasteiger partial charge is 0.313 e. The highest BCUT2D eigenvalue weighted by Crippen LogP contribution is 2.69. The van der Waals surface area contributed by atoms with Crippen LogP contribution in [0, 0.1) is 28.6 Å². The van der Waals surface area contributed by atoms with Crippen LogP contribution >= 0.6 is 0 Å². The second-order valence-electron chi connectivity index (χ2n) is 9.19. The first-order valence-electron chi connectivity index (χ1n) is 10.5. The predicted octanol–water partition coefficient (Wildman–Crippen LogP) is 3.19. The molecule has 4 fully saturated rings. The van der Waals surface area contributed by atoms with Crippen LogP contribution in [0.25, 0.3) is 0 Å². The number of carbonyl (C=O) groups is 3. The van der Waals surface area contributed by atoms with Gasteiger partial charge in [0.2, 0.25) is 0 Å². The van der Waals surface area contributed by atoms with E-state index in [1.807, 2.05) is 6.07 Å². The van der Waals surface area contributed by atoms with E-state index in [4.69, 9.17) is 18.6 Å². The maximum absolute atomic E-state index is 13.4. The molecular weight excluding hydrogens is 376 g/mol. The quantitative estimate of drug-likeness (QED) is 0.566. The molecule has 7 nitrogen and oxygen atoms in total. The van der Waals surface area contributed by atoms with Crippen LogP contribution in [0.4, 0.5) is 0 Å². The van der Waals surface area contributed by atoms with Crippen LogP contribution in [-0.2, 0) is 28.6 Å². The summed E-state index contributed by atoms with van der Waals surface area (Å²) in [7, 11) is 0. The molecule has 156 valence electrons. The summed E-state index contributed by atoms with van der Waals surface area (Å²) in [6, 6.07) is 1.83. The normalized spacial score (nSPS) is 43.0. The van der Waals surface area contributed by atoms with Gasteiger partial charge in [-0.3, -0.25) is 14.4 Å². The fourth-order valence-electron chi connectivity index (χ4n) is 6.83. The molecule has 1 aromatic heterocycles. The molecule has 0 bridgehead atoms. The van der Waals surface area contributed by atoms with E-state index in [-0.39, 0.29) is 54.5 Å². The van der Waals surface area contributed by atoms with E-state index in [1.54, 1.807) is 12.5 Å². The van der Waals surface area contributed by atoms with Gasteiger partial charge in [0, 0.05) is 18.9 Å². The summed E-state index contributed by atoms with van der Waals surface area (Å²) in [6.07, 6.45) is 5.98. The number of ether oxygens (including phenoxy) is 3. The third-order valence-electron chi connectivity index (χ3n) is 8.09. The van der Waals surface area contributed by atoms with E-state index < -0.39 is 10.8 Å². The first kappa shape index (κ1) is 18.7. The Morgan fingerprint density at radius 3 is 2.83 bits per heavy atom. The van der Waals surface area contributed by atoms with Crippen LogP contribution < -0.4 is 0 Å². The summed E-state index contributed by atoms with van der Waals surface area (Å²) in [6.45, 7) is 3.55. The molecule has 29 heavy (non-hydrogen) atoms. The Kier molecular flexibility index (Phi) is 4.09. The van der Waals surface area contributed by atoms with Crippen molar-refractivity contribution >= 4 is 17.9 Å². The van der Waals surface area contributed by atoms with Crippen molar-refractivity contribution in [3.8, 4) is 0 Å². The summed E-state index contributed by atoms with van der Waals surface area (Å²) < 4.78 is 22.4. The number of cyclic esters (lactones) is 1. The minimum atomic E-state index is -0.717. The molecule has 2 aliphatic carbocycles. The van der Waals surface area contributed by atoms with Crippen molar-refractivity contribution in [3.63, 3.8) is 0 Å². The van der Waals surface area contributed by atoms with Crippen LogP contribution in [0.3, 0.4) is 0 Å². The Bertz CT molecular complexity index is 845. The van der Waals surface area contributed by atoms with Crippen molar-refractivity contribution in [2.24, 2.45) is 28.6 Å². The van der Waals surface area contributed by atoms with Crippen molar-refractivity contribution in [1.82, 2.24) is 0 Å². The van der Waals surface area contributed by atoms with E-state index in [0.717, 1.165) is 18.4 Å². The third kappa shape index (κ3) is 2.39. The summed E-state index contributed by atoms with van der Waals surface area (Å²) >= 11 is 0. The molecule has 3 heterocycles. The van der Waals surface area contributed by atoms with Crippen LogP contribution in [0.5, 0.6) is 0 Å². The van der Waals surface area contributed by atoms with Crippen molar-refractivity contribution in [1.29, 1.82) is 0 Å². The van der Waals surface area contributed by atoms with Gasteiger partial charge in [0.05, 0.1) is 29.3 Å². The van der Waals surface area contributed by atoms with Crippen LogP contribution in [-0.4, -0.2) is 30.6 Å². The first-order valence-corrected chi connectivity index (χ1v) is 10.5. The van der Waals surface area contributed by atoms with Crippen molar-refractivity contribution in [2.75, 3.05) is 6.61 Å². The average molecular weight is 402 g/mol. The summed E-state index contributed by atoms with van der Waals surface area (Å²) in [4.78, 5) is 37.9. The van der Waals surface area contributed by atoms with E-state index in [9.17, 15) is 14.4 Å². The van der Waals surface area contributed by atoms with Gasteiger partial charge in [-0.1, -0.05) is 13.3 Å². The minimum Gasteiger partial charge on any atom is -0.472 e. The van der Waals surface area contributed by atoms with Gasteiger partial charge in [0.1, 0.15) is 18.8 Å². The maximum atomic E-state index is 13.4. The average Bonchev–Trinajstić information content (AvgIpc) is 3.38. The lowest BCUT2D eigenvalue weighted by Crippen LogP contribution is -2.62. The number of furan rings is 1. The number of esters is 3. The monoisotopic (exact) mass is 402 g/mol. The van der Waals surface area contributed by atoms with Crippen molar-refractivity contribution in [3.05, 3.63) is 24.2 Å². The first-order chi connectivity index (χ1) is 13.9. The zero-order valence-electron chi connectivity index (χ0n) is 16.7. The van der Waals surface area contributed by atoms with Crippen molar-refractivity contribution < 1.29 is 33.0 Å². The topological polar surface area (TPSA) is 92.0 Å². The van der Waals surface area contributed by atoms with E-state index in [2.05, 4.69) is 6.92 Å². The number of carbonyl (C=O) groups excluding carboxylic acids is 3. The fourth-order valence-corrected chi connectivity index (χ4v) is 6.83. The highest BCUT2D eigenvalue weighted by molar-refractivity contribution is 5.83. The van der Waals surface area contributed by atoms with Gasteiger partial charge in [-0.15, -0.1) is 0 Å². The molecule has 7 heteroatoms. The van der Waals surface area contributed by atoms with E-state index in [1.165, 1.54) is 6.92 Å². The van der Waals surface area contributed by atoms with E-state index in [0.29, 0.717) is 19.3 Å². The van der Waals surface area contributed by atoms with Gasteiger partial charge in [-0.25, -0.2) is 0 Å². The molecule has 2 aliphatic heterocycles. The Morgan fingerprint density at radius 1 is 1.28 bits per heavy atom. The zero-order chi connectivity index (χ0) is 20.4. The number of fused-ring (bicyclic) bond motifs is 1. The Labute approximate surface area is 169 Å². The predicted molar refractivity (Wildman–Crippen MR) is 98.1 cm³/mol. The lowest BCUT2D eigenvalue weighted by molar-refractivity contribution is -0.190. The molecule has 4 aliphatic rings. The molecule has 7 atom stereocenters. The Hall–Kier alpha value is -2.31. The SMILES string of the molecule is CC(=O)OC[C@@]12[C@@H]3C[C@@H](C)[C@@]4(C[C@@H](c5ccoc5)OC4=O)[C@H]1CCC[C@H]2C(=O)O3. The van der Waals surface area contributed by atoms with Gasteiger partial charge < -0.3 is 18.6 Å². The van der Waals surface area contributed by atoms with Gasteiger partial charge in [0.25, 0.3) is 0 Å². The lowest BCUT2D eigenvalue weighted by Gasteiger charge is -2.57. The molecule has 0 radical (unpaired) electrons. The fraction of sp³-hybridized carbons (Fsp3) is 0.682.